The number of hydrogen-bond acceptors (Lipinski definition) is 2. The molecule has 1 fully saturated rings. The molecule has 0 spiro atoms. The van der Waals surface area contributed by atoms with E-state index in [1.807, 2.05) is 13.8 Å². The van der Waals surface area contributed by atoms with Crippen molar-refractivity contribution in [3.05, 3.63) is 0 Å². The Labute approximate surface area is 93.0 Å². The van der Waals surface area contributed by atoms with Gasteiger partial charge in [0.2, 0.25) is 0 Å². The van der Waals surface area contributed by atoms with Crippen LogP contribution in [0, 0.1) is 0 Å². The van der Waals surface area contributed by atoms with E-state index in [0.717, 1.165) is 6.42 Å². The number of nitrogens with zero attached hydrogens (tertiary/aromatic N) is 1. The third-order valence-electron chi connectivity index (χ3n) is 3.09. The minimum absolute atomic E-state index is 0.254. The van der Waals surface area contributed by atoms with E-state index in [4.69, 9.17) is 0 Å². The molecule has 16 heavy (non-hydrogen) atoms. The first-order valence-electron chi connectivity index (χ1n) is 5.42. The Kier molecular flexibility index (Phi) is 4.17. The van der Waals surface area contributed by atoms with Gasteiger partial charge < -0.3 is 5.32 Å². The number of nitrogens with one attached hydrogen (secondary N) is 1. The average Bonchev–Trinajstić information content (AvgIpc) is 2.17. The first-order valence-corrected chi connectivity index (χ1v) is 5.42. The highest BCUT2D eigenvalue weighted by atomic mass is 19.3. The molecule has 6 heteroatoms. The Balaban J connectivity index is 2.55. The molecular weight excluding hydrogens is 224 g/mol. The first-order chi connectivity index (χ1) is 7.29. The van der Waals surface area contributed by atoms with Crippen LogP contribution in [0.5, 0.6) is 0 Å². The van der Waals surface area contributed by atoms with Crippen molar-refractivity contribution < 1.29 is 17.6 Å². The molecule has 96 valence electrons. The highest BCUT2D eigenvalue weighted by Crippen LogP contribution is 2.25. The maximum absolute atomic E-state index is 12.9. The molecule has 2 nitrogen and oxygen atoms in total. The van der Waals surface area contributed by atoms with Gasteiger partial charge in [-0.3, -0.25) is 4.90 Å². The first kappa shape index (κ1) is 13.7. The van der Waals surface area contributed by atoms with Gasteiger partial charge >= 0.3 is 12.3 Å². The lowest BCUT2D eigenvalue weighted by molar-refractivity contribution is -0.145. The fraction of sp³-hybridized carbons (Fsp3) is 1.00. The number of piperazine rings is 1. The van der Waals surface area contributed by atoms with E-state index in [2.05, 4.69) is 5.32 Å². The summed E-state index contributed by atoms with van der Waals surface area (Å²) in [6.07, 6.45) is -2.81. The second-order valence-electron chi connectivity index (χ2n) is 4.61. The van der Waals surface area contributed by atoms with Crippen molar-refractivity contribution >= 4 is 0 Å². The topological polar surface area (TPSA) is 15.3 Å². The molecule has 1 unspecified atom stereocenters. The molecule has 1 saturated heterocycles. The van der Waals surface area contributed by atoms with Gasteiger partial charge in [-0.25, -0.2) is 8.78 Å². The van der Waals surface area contributed by atoms with E-state index < -0.39 is 18.9 Å². The summed E-state index contributed by atoms with van der Waals surface area (Å²) in [4.78, 5) is 1.41. The Hall–Kier alpha value is -0.360. The lowest BCUT2D eigenvalue weighted by Crippen LogP contribution is -2.60. The standard InChI is InChI=1S/C10H18F4N2/c1-3-9(2)6-16(5-4-15-9)7-10(13,14)8(11)12/h8,15H,3-7H2,1-2H3. The smallest absolute Gasteiger partial charge is 0.309 e. The molecule has 0 aromatic carbocycles. The number of halogens is 4. The van der Waals surface area contributed by atoms with Crippen LogP contribution in [0.4, 0.5) is 17.6 Å². The van der Waals surface area contributed by atoms with Gasteiger partial charge in [-0.2, -0.15) is 8.78 Å². The minimum Gasteiger partial charge on any atom is -0.309 e. The summed E-state index contributed by atoms with van der Waals surface area (Å²) in [6, 6.07) is 0. The fourth-order valence-electron chi connectivity index (χ4n) is 1.88. The summed E-state index contributed by atoms with van der Waals surface area (Å²) in [5, 5.41) is 3.22. The lowest BCUT2D eigenvalue weighted by Gasteiger charge is -2.42. The highest BCUT2D eigenvalue weighted by molar-refractivity contribution is 4.91. The SMILES string of the molecule is CCC1(C)CN(CC(F)(F)C(F)F)CCN1. The van der Waals surface area contributed by atoms with E-state index >= 15 is 0 Å². The van der Waals surface area contributed by atoms with E-state index in [1.54, 1.807) is 0 Å². The Morgan fingerprint density at radius 3 is 2.56 bits per heavy atom. The van der Waals surface area contributed by atoms with Crippen LogP contribution in [0.15, 0.2) is 0 Å². The van der Waals surface area contributed by atoms with E-state index in [1.165, 1.54) is 4.90 Å². The molecule has 0 bridgehead atoms. The molecule has 0 aromatic heterocycles. The van der Waals surface area contributed by atoms with Crippen molar-refractivity contribution in [2.24, 2.45) is 0 Å². The van der Waals surface area contributed by atoms with Gasteiger partial charge in [0.15, 0.2) is 0 Å². The second kappa shape index (κ2) is 4.87. The Morgan fingerprint density at radius 2 is 2.06 bits per heavy atom. The fourth-order valence-corrected chi connectivity index (χ4v) is 1.88. The van der Waals surface area contributed by atoms with Crippen molar-refractivity contribution in [3.8, 4) is 0 Å². The van der Waals surface area contributed by atoms with Crippen LogP contribution in [0.3, 0.4) is 0 Å². The van der Waals surface area contributed by atoms with Crippen LogP contribution in [0.25, 0.3) is 0 Å². The number of rotatable bonds is 4. The molecule has 0 aliphatic carbocycles. The van der Waals surface area contributed by atoms with E-state index in [-0.39, 0.29) is 5.54 Å². The molecule has 0 aromatic rings. The molecule has 1 heterocycles. The summed E-state index contributed by atoms with van der Waals surface area (Å²) in [5.41, 5.74) is -0.254. The van der Waals surface area contributed by atoms with E-state index in [9.17, 15) is 17.6 Å². The molecule has 1 aliphatic heterocycles. The van der Waals surface area contributed by atoms with Crippen LogP contribution in [-0.4, -0.2) is 49.0 Å². The van der Waals surface area contributed by atoms with Crippen molar-refractivity contribution in [1.82, 2.24) is 10.2 Å². The van der Waals surface area contributed by atoms with Crippen molar-refractivity contribution in [2.75, 3.05) is 26.2 Å². The molecular formula is C10H18F4N2. The molecule has 0 saturated carbocycles. The van der Waals surface area contributed by atoms with Crippen LogP contribution in [0.2, 0.25) is 0 Å². The maximum atomic E-state index is 12.9. The summed E-state index contributed by atoms with van der Waals surface area (Å²) in [7, 11) is 0. The monoisotopic (exact) mass is 242 g/mol. The van der Waals surface area contributed by atoms with Gasteiger partial charge in [-0.1, -0.05) is 6.92 Å². The average molecular weight is 242 g/mol. The minimum atomic E-state index is -3.91. The Bertz CT molecular complexity index is 235. The summed E-state index contributed by atoms with van der Waals surface area (Å²) < 4.78 is 49.8. The maximum Gasteiger partial charge on any atom is 0.319 e. The van der Waals surface area contributed by atoms with Crippen LogP contribution in [0.1, 0.15) is 20.3 Å². The third kappa shape index (κ3) is 3.31. The molecule has 1 N–H and O–H groups in total. The van der Waals surface area contributed by atoms with Crippen molar-refractivity contribution in [1.29, 1.82) is 0 Å². The normalized spacial score (nSPS) is 28.7. The largest absolute Gasteiger partial charge is 0.319 e. The summed E-state index contributed by atoms with van der Waals surface area (Å²) >= 11 is 0. The second-order valence-corrected chi connectivity index (χ2v) is 4.61. The van der Waals surface area contributed by atoms with Crippen LogP contribution < -0.4 is 5.32 Å². The van der Waals surface area contributed by atoms with Crippen LogP contribution in [-0.2, 0) is 0 Å². The van der Waals surface area contributed by atoms with Gasteiger partial charge in [0, 0.05) is 25.2 Å². The predicted octanol–water partition coefficient (Wildman–Crippen LogP) is 1.96. The highest BCUT2D eigenvalue weighted by Gasteiger charge is 2.43. The molecule has 0 radical (unpaired) electrons. The van der Waals surface area contributed by atoms with Gasteiger partial charge in [0.05, 0.1) is 6.54 Å². The Morgan fingerprint density at radius 1 is 1.44 bits per heavy atom. The summed E-state index contributed by atoms with van der Waals surface area (Å²) in [6.45, 7) is 4.33. The molecule has 1 atom stereocenters. The predicted molar refractivity (Wildman–Crippen MR) is 54.1 cm³/mol. The third-order valence-corrected chi connectivity index (χ3v) is 3.09. The lowest BCUT2D eigenvalue weighted by atomic mass is 9.95. The zero-order valence-corrected chi connectivity index (χ0v) is 9.57. The van der Waals surface area contributed by atoms with E-state index in [0.29, 0.717) is 19.6 Å². The van der Waals surface area contributed by atoms with Gasteiger partial charge in [0.1, 0.15) is 0 Å². The van der Waals surface area contributed by atoms with Gasteiger partial charge in [-0.15, -0.1) is 0 Å². The van der Waals surface area contributed by atoms with Crippen LogP contribution >= 0.6 is 0 Å². The molecule has 1 rings (SSSR count). The molecule has 1 aliphatic rings. The van der Waals surface area contributed by atoms with Gasteiger partial charge in [0.25, 0.3) is 0 Å². The quantitative estimate of drug-likeness (QED) is 0.758. The molecule has 0 amide bonds. The van der Waals surface area contributed by atoms with Gasteiger partial charge in [-0.05, 0) is 13.3 Å². The van der Waals surface area contributed by atoms with Crippen molar-refractivity contribution in [3.63, 3.8) is 0 Å². The zero-order valence-electron chi connectivity index (χ0n) is 9.57. The van der Waals surface area contributed by atoms with Crippen molar-refractivity contribution in [2.45, 2.75) is 38.2 Å². The number of alkyl halides is 4. The zero-order chi connectivity index (χ0) is 12.4. The summed E-state index contributed by atoms with van der Waals surface area (Å²) in [5.74, 6) is -3.91. The number of hydrogen-bond donors (Lipinski definition) is 1.